The third-order valence-electron chi connectivity index (χ3n) is 0.612. The quantitative estimate of drug-likeness (QED) is 0.512. The molecular formula is C3H11NP2. The van der Waals surface area contributed by atoms with Crippen molar-refractivity contribution in [1.82, 2.24) is 0 Å². The Bertz CT molecular complexity index is 38.5. The summed E-state index contributed by atoms with van der Waals surface area (Å²) in [6.45, 7) is 2.04. The second-order valence-corrected chi connectivity index (χ2v) is 4.28. The molecule has 0 saturated heterocycles. The lowest BCUT2D eigenvalue weighted by molar-refractivity contribution is 0.810. The molecule has 0 aliphatic rings. The van der Waals surface area contributed by atoms with E-state index < -0.39 is 0 Å². The summed E-state index contributed by atoms with van der Waals surface area (Å²) in [4.78, 5) is 0. The number of hydrogen-bond donors (Lipinski definition) is 1. The molecule has 0 fully saturated rings. The van der Waals surface area contributed by atoms with Crippen LogP contribution >= 0.6 is 18.5 Å². The van der Waals surface area contributed by atoms with Crippen LogP contribution in [0.5, 0.6) is 0 Å². The highest BCUT2D eigenvalue weighted by Gasteiger charge is 2.03. The van der Waals surface area contributed by atoms with Gasteiger partial charge in [0.05, 0.1) is 0 Å². The Labute approximate surface area is 43.5 Å². The van der Waals surface area contributed by atoms with Crippen molar-refractivity contribution in [2.24, 2.45) is 5.73 Å². The monoisotopic (exact) mass is 123 g/mol. The molecule has 0 bridgehead atoms. The van der Waals surface area contributed by atoms with Crippen molar-refractivity contribution in [3.63, 3.8) is 0 Å². The van der Waals surface area contributed by atoms with E-state index in [-0.39, 0.29) is 5.02 Å². The second kappa shape index (κ2) is 2.21. The molecule has 2 N–H and O–H groups in total. The summed E-state index contributed by atoms with van der Waals surface area (Å²) in [7, 11) is 5.06. The highest BCUT2D eigenvalue weighted by molar-refractivity contribution is 7.39. The van der Waals surface area contributed by atoms with Crippen LogP contribution in [0.25, 0.3) is 0 Å². The van der Waals surface area contributed by atoms with Crippen LogP contribution in [-0.4, -0.2) is 5.02 Å². The first kappa shape index (κ1) is 6.82. The first-order valence-electron chi connectivity index (χ1n) is 1.93. The standard InChI is InChI=1S/C3H11NP2/c1-2-3(4,5)6/h2,4-6H2,1H3. The predicted octanol–water partition coefficient (Wildman–Crippen LogP) is 0.759. The number of hydrogen-bond acceptors (Lipinski definition) is 1. The van der Waals surface area contributed by atoms with Crippen LogP contribution < -0.4 is 5.73 Å². The van der Waals surface area contributed by atoms with Crippen LogP contribution in [0.1, 0.15) is 13.3 Å². The Morgan fingerprint density at radius 2 is 1.83 bits per heavy atom. The molecule has 0 radical (unpaired) electrons. The molecule has 0 heterocycles. The topological polar surface area (TPSA) is 26.0 Å². The van der Waals surface area contributed by atoms with E-state index in [1.165, 1.54) is 0 Å². The average Bonchev–Trinajstić information content (AvgIpc) is 1.35. The number of nitrogens with two attached hydrogens (primary N) is 1. The first-order valence-corrected chi connectivity index (χ1v) is 3.08. The predicted molar refractivity (Wildman–Crippen MR) is 36.6 cm³/mol. The Balaban J connectivity index is 3.17. The zero-order valence-electron chi connectivity index (χ0n) is 3.94. The molecule has 0 spiro atoms. The summed E-state index contributed by atoms with van der Waals surface area (Å²) in [6, 6.07) is 0. The highest BCUT2D eigenvalue weighted by atomic mass is 31.1. The van der Waals surface area contributed by atoms with Crippen molar-refractivity contribution < 1.29 is 0 Å². The van der Waals surface area contributed by atoms with Crippen molar-refractivity contribution >= 4 is 18.5 Å². The molecule has 1 nitrogen and oxygen atoms in total. The van der Waals surface area contributed by atoms with Crippen molar-refractivity contribution in [1.29, 1.82) is 0 Å². The van der Waals surface area contributed by atoms with E-state index in [9.17, 15) is 0 Å². The van der Waals surface area contributed by atoms with E-state index in [4.69, 9.17) is 5.73 Å². The van der Waals surface area contributed by atoms with Gasteiger partial charge in [-0.3, -0.25) is 0 Å². The van der Waals surface area contributed by atoms with Gasteiger partial charge in [0, 0.05) is 5.02 Å². The summed E-state index contributed by atoms with van der Waals surface area (Å²) in [5, 5.41) is -0.125. The van der Waals surface area contributed by atoms with E-state index in [1.54, 1.807) is 0 Å². The normalized spacial score (nSPS) is 12.0. The fourth-order valence-electron chi connectivity index (χ4n) is 0. The SMILES string of the molecule is CCC(N)(P)P. The fraction of sp³-hybridized carbons (Fsp3) is 1.00. The van der Waals surface area contributed by atoms with Gasteiger partial charge in [0.25, 0.3) is 0 Å². The zero-order chi connectivity index (χ0) is 5.21. The molecule has 3 heteroatoms. The van der Waals surface area contributed by atoms with Crippen LogP contribution in [-0.2, 0) is 0 Å². The highest BCUT2D eigenvalue weighted by Crippen LogP contribution is 2.22. The van der Waals surface area contributed by atoms with Gasteiger partial charge in [-0.1, -0.05) is 6.92 Å². The number of rotatable bonds is 1. The maximum Gasteiger partial charge on any atom is 0.0434 e. The minimum Gasteiger partial charge on any atom is -0.319 e. The molecule has 0 saturated carbocycles. The van der Waals surface area contributed by atoms with Crippen molar-refractivity contribution in [3.05, 3.63) is 0 Å². The molecule has 38 valence electrons. The van der Waals surface area contributed by atoms with Gasteiger partial charge in [0.15, 0.2) is 0 Å². The van der Waals surface area contributed by atoms with E-state index in [2.05, 4.69) is 18.5 Å². The smallest absolute Gasteiger partial charge is 0.0434 e. The maximum absolute atomic E-state index is 5.46. The lowest BCUT2D eigenvalue weighted by Crippen LogP contribution is -2.21. The second-order valence-electron chi connectivity index (χ2n) is 1.47. The molecule has 0 aromatic carbocycles. The van der Waals surface area contributed by atoms with Crippen molar-refractivity contribution in [2.45, 2.75) is 18.4 Å². The molecular weight excluding hydrogens is 112 g/mol. The van der Waals surface area contributed by atoms with Gasteiger partial charge in [-0.05, 0) is 6.42 Å². The molecule has 0 aromatic rings. The van der Waals surface area contributed by atoms with Gasteiger partial charge in [-0.15, -0.1) is 18.5 Å². The summed E-state index contributed by atoms with van der Waals surface area (Å²) < 4.78 is 0. The molecule has 2 atom stereocenters. The Morgan fingerprint density at radius 3 is 1.83 bits per heavy atom. The van der Waals surface area contributed by atoms with Crippen LogP contribution in [0, 0.1) is 0 Å². The van der Waals surface area contributed by atoms with Crippen LogP contribution in [0.3, 0.4) is 0 Å². The van der Waals surface area contributed by atoms with Gasteiger partial charge < -0.3 is 5.73 Å². The van der Waals surface area contributed by atoms with Gasteiger partial charge >= 0.3 is 0 Å². The third-order valence-corrected chi connectivity index (χ3v) is 1.43. The van der Waals surface area contributed by atoms with Crippen molar-refractivity contribution in [3.8, 4) is 0 Å². The molecule has 0 aliphatic carbocycles. The Hall–Kier alpha value is 0.820. The van der Waals surface area contributed by atoms with E-state index in [0.717, 1.165) is 6.42 Å². The average molecular weight is 123 g/mol. The van der Waals surface area contributed by atoms with E-state index in [0.29, 0.717) is 0 Å². The fourth-order valence-corrected chi connectivity index (χ4v) is 0. The van der Waals surface area contributed by atoms with Gasteiger partial charge in [0.2, 0.25) is 0 Å². The lowest BCUT2D eigenvalue weighted by atomic mass is 10.5. The molecule has 6 heavy (non-hydrogen) atoms. The van der Waals surface area contributed by atoms with Crippen LogP contribution in [0.15, 0.2) is 0 Å². The summed E-state index contributed by atoms with van der Waals surface area (Å²) in [5.74, 6) is 0. The summed E-state index contributed by atoms with van der Waals surface area (Å²) in [6.07, 6.45) is 0.975. The minimum absolute atomic E-state index is 0.125. The summed E-state index contributed by atoms with van der Waals surface area (Å²) in [5.41, 5.74) is 5.46. The molecule has 0 aromatic heterocycles. The van der Waals surface area contributed by atoms with Crippen molar-refractivity contribution in [2.75, 3.05) is 0 Å². The third kappa shape index (κ3) is 4.82. The van der Waals surface area contributed by atoms with E-state index in [1.807, 2.05) is 6.92 Å². The van der Waals surface area contributed by atoms with Gasteiger partial charge in [0.1, 0.15) is 0 Å². The zero-order valence-corrected chi connectivity index (χ0v) is 6.25. The maximum atomic E-state index is 5.46. The summed E-state index contributed by atoms with van der Waals surface area (Å²) >= 11 is 0. The van der Waals surface area contributed by atoms with E-state index >= 15 is 0 Å². The van der Waals surface area contributed by atoms with Gasteiger partial charge in [-0.25, -0.2) is 0 Å². The van der Waals surface area contributed by atoms with Gasteiger partial charge in [-0.2, -0.15) is 0 Å². The Kier molecular flexibility index (Phi) is 2.51. The molecule has 0 aliphatic heterocycles. The minimum atomic E-state index is -0.125. The largest absolute Gasteiger partial charge is 0.319 e. The lowest BCUT2D eigenvalue weighted by Gasteiger charge is -2.12. The van der Waals surface area contributed by atoms with Crippen LogP contribution in [0.2, 0.25) is 0 Å². The molecule has 2 unspecified atom stereocenters. The molecule has 0 amide bonds. The first-order chi connectivity index (χ1) is 2.56. The van der Waals surface area contributed by atoms with Crippen LogP contribution in [0.4, 0.5) is 0 Å². The molecule has 0 rings (SSSR count). The Morgan fingerprint density at radius 1 is 1.67 bits per heavy atom.